The molecule has 0 radical (unpaired) electrons. The molecule has 5 rings (SSSR count). The lowest BCUT2D eigenvalue weighted by atomic mass is 9.68. The zero-order valence-electron chi connectivity index (χ0n) is 22.6. The second-order valence-corrected chi connectivity index (χ2v) is 11.6. The largest absolute Gasteiger partial charge is 0.350 e. The Bertz CT molecular complexity index is 1110. The molecular formula is C30H41N5O2. The van der Waals surface area contributed by atoms with E-state index in [4.69, 9.17) is 0 Å². The monoisotopic (exact) mass is 503 g/mol. The highest BCUT2D eigenvalue weighted by Gasteiger charge is 2.55. The minimum Gasteiger partial charge on any atom is -0.350 e. The van der Waals surface area contributed by atoms with Crippen LogP contribution in [0.5, 0.6) is 0 Å². The molecule has 2 aliphatic carbocycles. The molecule has 1 N–H and O–H groups in total. The molecule has 2 aromatic rings. The lowest BCUT2D eigenvalue weighted by molar-refractivity contribution is -0.121. The van der Waals surface area contributed by atoms with Gasteiger partial charge in [0.2, 0.25) is 5.91 Å². The van der Waals surface area contributed by atoms with E-state index in [2.05, 4.69) is 64.5 Å². The predicted molar refractivity (Wildman–Crippen MR) is 145 cm³/mol. The number of hydrogen-bond acceptors (Lipinski definition) is 4. The zero-order valence-corrected chi connectivity index (χ0v) is 22.6. The molecule has 1 saturated heterocycles. The van der Waals surface area contributed by atoms with E-state index in [1.54, 1.807) is 11.1 Å². The lowest BCUT2D eigenvalue weighted by Crippen LogP contribution is -2.56. The minimum absolute atomic E-state index is 0.0237. The Labute approximate surface area is 221 Å². The van der Waals surface area contributed by atoms with Gasteiger partial charge in [0.25, 0.3) is 0 Å². The summed E-state index contributed by atoms with van der Waals surface area (Å²) in [5.74, 6) is 0.484. The minimum atomic E-state index is -0.193. The highest BCUT2D eigenvalue weighted by Crippen LogP contribution is 2.49. The number of pyridine rings is 1. The number of urea groups is 1. The Hall–Kier alpha value is -2.93. The van der Waals surface area contributed by atoms with Crippen molar-refractivity contribution in [3.8, 4) is 0 Å². The molecular weight excluding hydrogens is 462 g/mol. The second kappa shape index (κ2) is 10.4. The van der Waals surface area contributed by atoms with Crippen LogP contribution in [0.25, 0.3) is 0 Å². The molecule has 37 heavy (non-hydrogen) atoms. The first-order valence-electron chi connectivity index (χ1n) is 13.8. The van der Waals surface area contributed by atoms with Crippen molar-refractivity contribution in [1.29, 1.82) is 0 Å². The molecule has 7 heteroatoms. The maximum atomic E-state index is 13.7. The van der Waals surface area contributed by atoms with Crippen LogP contribution in [-0.4, -0.2) is 70.9 Å². The Morgan fingerprint density at radius 2 is 1.81 bits per heavy atom. The van der Waals surface area contributed by atoms with E-state index in [0.29, 0.717) is 19.0 Å². The fourth-order valence-electron chi connectivity index (χ4n) is 6.64. The van der Waals surface area contributed by atoms with E-state index in [0.717, 1.165) is 43.5 Å². The number of carbonyl (C=O) groups is 2. The van der Waals surface area contributed by atoms with E-state index in [-0.39, 0.29) is 29.6 Å². The van der Waals surface area contributed by atoms with Gasteiger partial charge in [0.05, 0.1) is 5.54 Å². The maximum absolute atomic E-state index is 13.7. The van der Waals surface area contributed by atoms with Crippen molar-refractivity contribution < 1.29 is 9.59 Å². The van der Waals surface area contributed by atoms with Crippen LogP contribution in [0.4, 0.5) is 4.79 Å². The lowest BCUT2D eigenvalue weighted by Gasteiger charge is -2.51. The number of hydrogen-bond donors (Lipinski definition) is 1. The molecule has 0 unspecified atom stereocenters. The van der Waals surface area contributed by atoms with Crippen molar-refractivity contribution in [2.75, 3.05) is 33.7 Å². The molecule has 3 amide bonds. The topological polar surface area (TPSA) is 68.8 Å². The number of nitrogens with zero attached hydrogens (tertiary/aromatic N) is 4. The van der Waals surface area contributed by atoms with Gasteiger partial charge in [0.15, 0.2) is 0 Å². The van der Waals surface area contributed by atoms with Gasteiger partial charge in [-0.1, -0.05) is 42.8 Å². The SMILES string of the molecule is Cc1ncccc1CNC(=O)CN1CC2(CCC(c3ccccc3)(N(C)C)CC2)N(CC2CCC2)C1=O. The van der Waals surface area contributed by atoms with Crippen molar-refractivity contribution in [1.82, 2.24) is 25.0 Å². The van der Waals surface area contributed by atoms with Gasteiger partial charge < -0.3 is 15.1 Å². The third-order valence-corrected chi connectivity index (χ3v) is 9.33. The highest BCUT2D eigenvalue weighted by atomic mass is 16.2. The van der Waals surface area contributed by atoms with Crippen molar-refractivity contribution >= 4 is 11.9 Å². The van der Waals surface area contributed by atoms with E-state index in [9.17, 15) is 9.59 Å². The summed E-state index contributed by atoms with van der Waals surface area (Å²) in [7, 11) is 4.36. The Kier molecular flexibility index (Phi) is 7.26. The number of aromatic nitrogens is 1. The van der Waals surface area contributed by atoms with Crippen molar-refractivity contribution in [2.24, 2.45) is 5.92 Å². The van der Waals surface area contributed by atoms with Crippen molar-refractivity contribution in [3.05, 3.63) is 65.5 Å². The Balaban J connectivity index is 1.30. The van der Waals surface area contributed by atoms with Gasteiger partial charge in [-0.25, -0.2) is 4.79 Å². The second-order valence-electron chi connectivity index (χ2n) is 11.6. The third-order valence-electron chi connectivity index (χ3n) is 9.33. The van der Waals surface area contributed by atoms with Gasteiger partial charge >= 0.3 is 6.03 Å². The van der Waals surface area contributed by atoms with Crippen LogP contribution in [0.15, 0.2) is 48.7 Å². The number of aryl methyl sites for hydroxylation is 1. The van der Waals surface area contributed by atoms with Crippen LogP contribution in [0, 0.1) is 12.8 Å². The normalized spacial score (nSPS) is 26.1. The highest BCUT2D eigenvalue weighted by molar-refractivity contribution is 5.86. The summed E-state index contributed by atoms with van der Waals surface area (Å²) in [5.41, 5.74) is 3.05. The fraction of sp³-hybridized carbons (Fsp3) is 0.567. The molecule has 1 spiro atoms. The van der Waals surface area contributed by atoms with Gasteiger partial charge in [0.1, 0.15) is 6.54 Å². The summed E-state index contributed by atoms with van der Waals surface area (Å²) in [6.45, 7) is 3.95. The zero-order chi connectivity index (χ0) is 26.0. The van der Waals surface area contributed by atoms with Crippen LogP contribution in [0.2, 0.25) is 0 Å². The Morgan fingerprint density at radius 3 is 2.43 bits per heavy atom. The molecule has 198 valence electrons. The van der Waals surface area contributed by atoms with Crippen molar-refractivity contribution in [3.63, 3.8) is 0 Å². The van der Waals surface area contributed by atoms with Crippen LogP contribution in [0.1, 0.15) is 61.8 Å². The molecule has 1 aromatic heterocycles. The summed E-state index contributed by atoms with van der Waals surface area (Å²) in [6.07, 6.45) is 9.32. The molecule has 1 aliphatic heterocycles. The van der Waals surface area contributed by atoms with Gasteiger partial charge in [-0.2, -0.15) is 0 Å². The van der Waals surface area contributed by atoms with Gasteiger partial charge in [0, 0.05) is 37.1 Å². The first-order valence-corrected chi connectivity index (χ1v) is 13.8. The molecule has 2 saturated carbocycles. The smallest absolute Gasteiger partial charge is 0.321 e. The van der Waals surface area contributed by atoms with Crippen LogP contribution >= 0.6 is 0 Å². The van der Waals surface area contributed by atoms with Crippen molar-refractivity contribution in [2.45, 2.75) is 69.5 Å². The third kappa shape index (κ3) is 4.98. The van der Waals surface area contributed by atoms with Gasteiger partial charge in [-0.15, -0.1) is 0 Å². The Morgan fingerprint density at radius 1 is 1.08 bits per heavy atom. The van der Waals surface area contributed by atoms with Crippen LogP contribution < -0.4 is 5.32 Å². The van der Waals surface area contributed by atoms with E-state index < -0.39 is 0 Å². The van der Waals surface area contributed by atoms with Gasteiger partial charge in [-0.3, -0.25) is 14.7 Å². The molecule has 7 nitrogen and oxygen atoms in total. The van der Waals surface area contributed by atoms with E-state index >= 15 is 0 Å². The van der Waals surface area contributed by atoms with Gasteiger partial charge in [-0.05, 0) is 82.7 Å². The molecule has 0 bridgehead atoms. The quantitative estimate of drug-likeness (QED) is 0.583. The summed E-state index contributed by atoms with van der Waals surface area (Å²) in [4.78, 5) is 37.3. The summed E-state index contributed by atoms with van der Waals surface area (Å²) in [6, 6.07) is 14.7. The molecule has 2 heterocycles. The standard InChI is InChI=1S/C30H41N5O2/c1-23-25(11-8-18-31-23)19-32-27(36)21-34-22-29(35(28(34)37)20-24-9-7-10-24)14-16-30(17-15-29,33(2)3)26-12-5-4-6-13-26/h4-6,8,11-13,18,24H,7,9-10,14-17,19-22H2,1-3H3,(H,32,36). The summed E-state index contributed by atoms with van der Waals surface area (Å²) >= 11 is 0. The fourth-order valence-corrected chi connectivity index (χ4v) is 6.64. The first-order chi connectivity index (χ1) is 17.8. The number of amides is 3. The van der Waals surface area contributed by atoms with E-state index in [1.807, 2.05) is 19.1 Å². The number of rotatable bonds is 8. The maximum Gasteiger partial charge on any atom is 0.321 e. The summed E-state index contributed by atoms with van der Waals surface area (Å²) < 4.78 is 0. The average molecular weight is 504 g/mol. The predicted octanol–water partition coefficient (Wildman–Crippen LogP) is 4.31. The molecule has 1 aromatic carbocycles. The molecule has 0 atom stereocenters. The number of carbonyl (C=O) groups excluding carboxylic acids is 2. The van der Waals surface area contributed by atoms with Crippen LogP contribution in [0.3, 0.4) is 0 Å². The summed E-state index contributed by atoms with van der Waals surface area (Å²) in [5, 5.41) is 3.01. The molecule has 3 fully saturated rings. The first kappa shape index (κ1) is 25.7. The van der Waals surface area contributed by atoms with E-state index in [1.165, 1.54) is 24.8 Å². The van der Waals surface area contributed by atoms with Crippen LogP contribution in [-0.2, 0) is 16.9 Å². The number of benzene rings is 1. The average Bonchev–Trinajstić information content (AvgIpc) is 3.11. The molecule has 3 aliphatic rings. The number of nitrogens with one attached hydrogen (secondary N) is 1.